The van der Waals surface area contributed by atoms with Crippen molar-refractivity contribution in [1.29, 1.82) is 0 Å². The van der Waals surface area contributed by atoms with Crippen LogP contribution in [-0.4, -0.2) is 5.11 Å². The minimum atomic E-state index is -0.803. The SMILES string of the molecule is Cc1csc(C(O)c2cc(Cl)sc2Cl)c1Cl. The number of thiophene rings is 2. The molecule has 0 fully saturated rings. The minimum Gasteiger partial charge on any atom is -0.383 e. The Labute approximate surface area is 116 Å². The van der Waals surface area contributed by atoms with Crippen molar-refractivity contribution in [3.63, 3.8) is 0 Å². The van der Waals surface area contributed by atoms with Gasteiger partial charge in [0.15, 0.2) is 0 Å². The monoisotopic (exact) mass is 312 g/mol. The zero-order valence-electron chi connectivity index (χ0n) is 8.13. The highest BCUT2D eigenvalue weighted by Crippen LogP contribution is 2.41. The lowest BCUT2D eigenvalue weighted by Gasteiger charge is -2.08. The summed E-state index contributed by atoms with van der Waals surface area (Å²) < 4.78 is 1.06. The summed E-state index contributed by atoms with van der Waals surface area (Å²) >= 11 is 20.6. The molecule has 0 aromatic carbocycles. The maximum atomic E-state index is 10.2. The van der Waals surface area contributed by atoms with Crippen LogP contribution in [0.3, 0.4) is 0 Å². The molecule has 0 radical (unpaired) electrons. The maximum absolute atomic E-state index is 10.2. The highest BCUT2D eigenvalue weighted by molar-refractivity contribution is 7.20. The Balaban J connectivity index is 2.42. The second-order valence-electron chi connectivity index (χ2n) is 3.28. The average molecular weight is 314 g/mol. The van der Waals surface area contributed by atoms with Gasteiger partial charge in [0.25, 0.3) is 0 Å². The molecule has 86 valence electrons. The molecular weight excluding hydrogens is 307 g/mol. The predicted molar refractivity (Wildman–Crippen MR) is 72.5 cm³/mol. The van der Waals surface area contributed by atoms with E-state index < -0.39 is 6.10 Å². The molecule has 0 aliphatic rings. The van der Waals surface area contributed by atoms with Crippen molar-refractivity contribution in [2.75, 3.05) is 0 Å². The summed E-state index contributed by atoms with van der Waals surface area (Å²) in [5, 5.41) is 12.7. The maximum Gasteiger partial charge on any atom is 0.117 e. The molecule has 1 nitrogen and oxygen atoms in total. The molecule has 0 aliphatic carbocycles. The van der Waals surface area contributed by atoms with Crippen molar-refractivity contribution in [1.82, 2.24) is 0 Å². The molecule has 6 heteroatoms. The smallest absolute Gasteiger partial charge is 0.117 e. The molecule has 0 aliphatic heterocycles. The molecule has 0 spiro atoms. The van der Waals surface area contributed by atoms with Crippen molar-refractivity contribution < 1.29 is 5.11 Å². The van der Waals surface area contributed by atoms with Crippen LogP contribution in [0, 0.1) is 6.92 Å². The second kappa shape index (κ2) is 4.84. The topological polar surface area (TPSA) is 20.2 Å². The predicted octanol–water partition coefficient (Wildman–Crippen LogP) is 5.16. The van der Waals surface area contributed by atoms with Crippen LogP contribution in [0.5, 0.6) is 0 Å². The van der Waals surface area contributed by atoms with Crippen molar-refractivity contribution >= 4 is 57.5 Å². The van der Waals surface area contributed by atoms with Gasteiger partial charge in [-0.3, -0.25) is 0 Å². The number of aliphatic hydroxyl groups excluding tert-OH is 1. The first-order chi connectivity index (χ1) is 7.50. The molecule has 0 saturated heterocycles. The standard InChI is InChI=1S/C10H7Cl3OS2/c1-4-3-15-9(7(4)12)8(14)5-2-6(11)16-10(5)13/h2-3,8,14H,1H3. The van der Waals surface area contributed by atoms with Gasteiger partial charge in [-0.05, 0) is 23.9 Å². The van der Waals surface area contributed by atoms with Gasteiger partial charge in [-0.2, -0.15) is 0 Å². The van der Waals surface area contributed by atoms with Gasteiger partial charge < -0.3 is 5.11 Å². The van der Waals surface area contributed by atoms with Crippen LogP contribution in [0.1, 0.15) is 22.1 Å². The molecule has 1 atom stereocenters. The fraction of sp³-hybridized carbons (Fsp3) is 0.200. The normalized spacial score (nSPS) is 13.1. The number of hydrogen-bond acceptors (Lipinski definition) is 3. The highest BCUT2D eigenvalue weighted by atomic mass is 35.5. The summed E-state index contributed by atoms with van der Waals surface area (Å²) in [5.74, 6) is 0. The van der Waals surface area contributed by atoms with E-state index in [4.69, 9.17) is 34.8 Å². The quantitative estimate of drug-likeness (QED) is 0.812. The van der Waals surface area contributed by atoms with Crippen molar-refractivity contribution in [3.05, 3.63) is 41.1 Å². The summed E-state index contributed by atoms with van der Waals surface area (Å²) in [7, 11) is 0. The van der Waals surface area contributed by atoms with Crippen LogP contribution in [-0.2, 0) is 0 Å². The van der Waals surface area contributed by atoms with Crippen LogP contribution in [0.2, 0.25) is 13.7 Å². The van der Waals surface area contributed by atoms with E-state index in [1.54, 1.807) is 6.07 Å². The fourth-order valence-electron chi connectivity index (χ4n) is 1.31. The molecule has 0 bridgehead atoms. The Morgan fingerprint density at radius 1 is 1.31 bits per heavy atom. The minimum absolute atomic E-state index is 0.500. The first-order valence-corrected chi connectivity index (χ1v) is 7.20. The lowest BCUT2D eigenvalue weighted by Crippen LogP contribution is -1.96. The number of hydrogen-bond donors (Lipinski definition) is 1. The van der Waals surface area contributed by atoms with Crippen LogP contribution < -0.4 is 0 Å². The Morgan fingerprint density at radius 3 is 2.44 bits per heavy atom. The van der Waals surface area contributed by atoms with E-state index in [9.17, 15) is 5.11 Å². The molecule has 1 N–H and O–H groups in total. The fourth-order valence-corrected chi connectivity index (χ4v) is 4.13. The molecule has 2 rings (SSSR count). The van der Waals surface area contributed by atoms with E-state index in [1.165, 1.54) is 22.7 Å². The van der Waals surface area contributed by atoms with Crippen LogP contribution in [0.25, 0.3) is 0 Å². The van der Waals surface area contributed by atoms with E-state index in [0.717, 1.165) is 5.56 Å². The molecule has 2 heterocycles. The molecule has 2 aromatic heterocycles. The molecule has 0 amide bonds. The molecule has 0 saturated carbocycles. The Kier molecular flexibility index (Phi) is 3.84. The first-order valence-electron chi connectivity index (χ1n) is 4.37. The van der Waals surface area contributed by atoms with Gasteiger partial charge in [-0.15, -0.1) is 22.7 Å². The van der Waals surface area contributed by atoms with Crippen LogP contribution in [0.4, 0.5) is 0 Å². The molecule has 16 heavy (non-hydrogen) atoms. The van der Waals surface area contributed by atoms with Gasteiger partial charge in [0, 0.05) is 5.56 Å². The summed E-state index contributed by atoms with van der Waals surface area (Å²) in [5.41, 5.74) is 1.57. The van der Waals surface area contributed by atoms with Crippen LogP contribution >= 0.6 is 57.5 Å². The summed E-state index contributed by atoms with van der Waals surface area (Å²) in [6.07, 6.45) is -0.803. The van der Waals surface area contributed by atoms with E-state index in [2.05, 4.69) is 0 Å². The average Bonchev–Trinajstić information content (AvgIpc) is 2.71. The summed E-state index contributed by atoms with van der Waals surface area (Å²) in [6, 6.07) is 1.67. The third-order valence-electron chi connectivity index (χ3n) is 2.15. The number of aliphatic hydroxyl groups is 1. The van der Waals surface area contributed by atoms with Gasteiger partial charge in [0.2, 0.25) is 0 Å². The summed E-state index contributed by atoms with van der Waals surface area (Å²) in [4.78, 5) is 0.704. The first kappa shape index (κ1) is 12.7. The van der Waals surface area contributed by atoms with Gasteiger partial charge in [-0.25, -0.2) is 0 Å². The molecular formula is C10H7Cl3OS2. The Hall–Kier alpha value is 0.230. The largest absolute Gasteiger partial charge is 0.383 e. The third-order valence-corrected chi connectivity index (χ3v) is 5.44. The highest BCUT2D eigenvalue weighted by Gasteiger charge is 2.21. The van der Waals surface area contributed by atoms with Crippen molar-refractivity contribution in [3.8, 4) is 0 Å². The van der Waals surface area contributed by atoms with Gasteiger partial charge in [0.1, 0.15) is 10.4 Å². The lowest BCUT2D eigenvalue weighted by molar-refractivity contribution is 0.225. The van der Waals surface area contributed by atoms with Crippen molar-refractivity contribution in [2.24, 2.45) is 0 Å². The zero-order chi connectivity index (χ0) is 11.9. The second-order valence-corrected chi connectivity index (χ2v) is 6.85. The lowest BCUT2D eigenvalue weighted by atomic mass is 10.1. The van der Waals surface area contributed by atoms with E-state index in [0.29, 0.717) is 24.1 Å². The van der Waals surface area contributed by atoms with E-state index in [-0.39, 0.29) is 0 Å². The Morgan fingerprint density at radius 2 is 2.00 bits per heavy atom. The third kappa shape index (κ3) is 2.26. The molecule has 2 aromatic rings. The van der Waals surface area contributed by atoms with E-state index >= 15 is 0 Å². The number of halogens is 3. The van der Waals surface area contributed by atoms with Crippen molar-refractivity contribution in [2.45, 2.75) is 13.0 Å². The van der Waals surface area contributed by atoms with Crippen LogP contribution in [0.15, 0.2) is 11.4 Å². The van der Waals surface area contributed by atoms with Gasteiger partial charge >= 0.3 is 0 Å². The number of aryl methyl sites for hydroxylation is 1. The Bertz CT molecular complexity index is 516. The molecule has 1 unspecified atom stereocenters. The number of rotatable bonds is 2. The summed E-state index contributed by atoms with van der Waals surface area (Å²) in [6.45, 7) is 1.90. The van der Waals surface area contributed by atoms with Gasteiger partial charge in [0.05, 0.1) is 14.2 Å². The van der Waals surface area contributed by atoms with E-state index in [1.807, 2.05) is 12.3 Å². The van der Waals surface area contributed by atoms with Gasteiger partial charge in [-0.1, -0.05) is 34.8 Å². The zero-order valence-corrected chi connectivity index (χ0v) is 12.0.